The Bertz CT molecular complexity index is 304. The van der Waals surface area contributed by atoms with Crippen molar-refractivity contribution in [2.24, 2.45) is 5.41 Å². The first-order valence-corrected chi connectivity index (χ1v) is 8.86. The molecule has 0 spiro atoms. The maximum absolute atomic E-state index is 5.87. The molecule has 1 aliphatic heterocycles. The Labute approximate surface area is 131 Å². The Hall–Kier alpha value is -0.160. The van der Waals surface area contributed by atoms with E-state index in [0.717, 1.165) is 13.2 Å². The zero-order valence-corrected chi connectivity index (χ0v) is 14.5. The molecule has 21 heavy (non-hydrogen) atoms. The predicted molar refractivity (Wildman–Crippen MR) is 88.8 cm³/mol. The van der Waals surface area contributed by atoms with Gasteiger partial charge in [-0.05, 0) is 46.3 Å². The molecule has 0 amide bonds. The van der Waals surface area contributed by atoms with Crippen LogP contribution in [0.15, 0.2) is 0 Å². The normalized spacial score (nSPS) is 34.9. The highest BCUT2D eigenvalue weighted by Crippen LogP contribution is 2.45. The molecule has 2 rings (SSSR count). The molecule has 1 heterocycles. The van der Waals surface area contributed by atoms with Crippen LogP contribution in [-0.4, -0.2) is 74.9 Å². The standard InChI is InChI=1S/C17H35N3O/c1-5-17(3)15(14-16(17)21-6-2)18-8-7-9-20-12-10-19(4)11-13-20/h15-16,18H,5-14H2,1-4H3. The van der Waals surface area contributed by atoms with Crippen molar-refractivity contribution in [3.8, 4) is 0 Å². The molecule has 2 aliphatic rings. The fourth-order valence-corrected chi connectivity index (χ4v) is 3.72. The summed E-state index contributed by atoms with van der Waals surface area (Å²) in [6.45, 7) is 14.9. The second kappa shape index (κ2) is 7.91. The molecule has 1 saturated heterocycles. The Morgan fingerprint density at radius 3 is 2.52 bits per heavy atom. The van der Waals surface area contributed by atoms with Crippen molar-refractivity contribution in [1.29, 1.82) is 0 Å². The monoisotopic (exact) mass is 297 g/mol. The van der Waals surface area contributed by atoms with E-state index in [2.05, 4.69) is 42.9 Å². The minimum atomic E-state index is 0.337. The van der Waals surface area contributed by atoms with Gasteiger partial charge in [0.2, 0.25) is 0 Å². The van der Waals surface area contributed by atoms with Crippen LogP contribution in [0, 0.1) is 5.41 Å². The van der Waals surface area contributed by atoms with Crippen LogP contribution in [0.1, 0.15) is 40.0 Å². The summed E-state index contributed by atoms with van der Waals surface area (Å²) in [5.74, 6) is 0. The second-order valence-corrected chi connectivity index (χ2v) is 7.04. The van der Waals surface area contributed by atoms with Crippen molar-refractivity contribution < 1.29 is 4.74 Å². The average Bonchev–Trinajstić information content (AvgIpc) is 2.50. The molecule has 4 nitrogen and oxygen atoms in total. The van der Waals surface area contributed by atoms with Crippen molar-refractivity contribution in [1.82, 2.24) is 15.1 Å². The molecule has 1 saturated carbocycles. The molecule has 0 aromatic heterocycles. The largest absolute Gasteiger partial charge is 0.378 e. The van der Waals surface area contributed by atoms with Crippen LogP contribution >= 0.6 is 0 Å². The number of ether oxygens (including phenoxy) is 1. The Balaban J connectivity index is 1.61. The quantitative estimate of drug-likeness (QED) is 0.692. The van der Waals surface area contributed by atoms with E-state index in [1.165, 1.54) is 52.0 Å². The molecule has 0 radical (unpaired) electrons. The van der Waals surface area contributed by atoms with E-state index in [1.54, 1.807) is 0 Å². The lowest BCUT2D eigenvalue weighted by Gasteiger charge is -2.54. The van der Waals surface area contributed by atoms with Gasteiger partial charge in [-0.2, -0.15) is 0 Å². The van der Waals surface area contributed by atoms with Gasteiger partial charge in [-0.3, -0.25) is 0 Å². The van der Waals surface area contributed by atoms with Gasteiger partial charge in [0.25, 0.3) is 0 Å². The number of nitrogens with one attached hydrogen (secondary N) is 1. The summed E-state index contributed by atoms with van der Waals surface area (Å²) in [6.07, 6.45) is 4.11. The smallest absolute Gasteiger partial charge is 0.0658 e. The first kappa shape index (κ1) is 17.2. The van der Waals surface area contributed by atoms with Gasteiger partial charge in [0, 0.05) is 44.2 Å². The van der Waals surface area contributed by atoms with Crippen LogP contribution < -0.4 is 5.32 Å². The van der Waals surface area contributed by atoms with Crippen LogP contribution in [-0.2, 0) is 4.74 Å². The highest BCUT2D eigenvalue weighted by molar-refractivity contribution is 5.04. The van der Waals surface area contributed by atoms with Gasteiger partial charge in [-0.1, -0.05) is 13.8 Å². The van der Waals surface area contributed by atoms with E-state index >= 15 is 0 Å². The summed E-state index contributed by atoms with van der Waals surface area (Å²) in [6, 6.07) is 0.645. The minimum absolute atomic E-state index is 0.337. The lowest BCUT2D eigenvalue weighted by atomic mass is 9.61. The van der Waals surface area contributed by atoms with Gasteiger partial charge in [0.05, 0.1) is 6.10 Å². The summed E-state index contributed by atoms with van der Waals surface area (Å²) >= 11 is 0. The van der Waals surface area contributed by atoms with Gasteiger partial charge in [-0.25, -0.2) is 0 Å². The number of nitrogens with zero attached hydrogens (tertiary/aromatic N) is 2. The summed E-state index contributed by atoms with van der Waals surface area (Å²) < 4.78 is 5.87. The molecule has 3 unspecified atom stereocenters. The van der Waals surface area contributed by atoms with Crippen LogP contribution in [0.5, 0.6) is 0 Å². The molecule has 1 N–H and O–H groups in total. The first-order valence-electron chi connectivity index (χ1n) is 8.86. The van der Waals surface area contributed by atoms with E-state index in [-0.39, 0.29) is 0 Å². The Morgan fingerprint density at radius 2 is 1.90 bits per heavy atom. The highest BCUT2D eigenvalue weighted by Gasteiger charge is 2.50. The number of hydrogen-bond acceptors (Lipinski definition) is 4. The zero-order valence-electron chi connectivity index (χ0n) is 14.5. The average molecular weight is 297 g/mol. The molecule has 3 atom stereocenters. The third-order valence-electron chi connectivity index (χ3n) is 5.75. The lowest BCUT2D eigenvalue weighted by Crippen LogP contribution is -2.62. The van der Waals surface area contributed by atoms with Crippen LogP contribution in [0.25, 0.3) is 0 Å². The van der Waals surface area contributed by atoms with Gasteiger partial charge in [-0.15, -0.1) is 0 Å². The van der Waals surface area contributed by atoms with E-state index in [0.29, 0.717) is 17.6 Å². The van der Waals surface area contributed by atoms with E-state index < -0.39 is 0 Å². The van der Waals surface area contributed by atoms with E-state index in [9.17, 15) is 0 Å². The summed E-state index contributed by atoms with van der Waals surface area (Å²) in [4.78, 5) is 5.02. The molecular weight excluding hydrogens is 262 g/mol. The molecule has 0 aromatic rings. The predicted octanol–water partition coefficient (Wildman–Crippen LogP) is 1.81. The summed E-state index contributed by atoms with van der Waals surface area (Å²) in [5, 5.41) is 3.78. The fraction of sp³-hybridized carbons (Fsp3) is 1.00. The molecule has 0 bridgehead atoms. The Morgan fingerprint density at radius 1 is 1.19 bits per heavy atom. The minimum Gasteiger partial charge on any atom is -0.378 e. The van der Waals surface area contributed by atoms with Gasteiger partial charge < -0.3 is 19.9 Å². The fourth-order valence-electron chi connectivity index (χ4n) is 3.72. The third-order valence-corrected chi connectivity index (χ3v) is 5.75. The van der Waals surface area contributed by atoms with Gasteiger partial charge in [0.1, 0.15) is 0 Å². The summed E-state index contributed by atoms with van der Waals surface area (Å²) in [5.41, 5.74) is 0.337. The number of hydrogen-bond donors (Lipinski definition) is 1. The van der Waals surface area contributed by atoms with Gasteiger partial charge in [0.15, 0.2) is 0 Å². The maximum Gasteiger partial charge on any atom is 0.0658 e. The van der Waals surface area contributed by atoms with Crippen LogP contribution in [0.4, 0.5) is 0 Å². The van der Waals surface area contributed by atoms with Crippen LogP contribution in [0.2, 0.25) is 0 Å². The van der Waals surface area contributed by atoms with Gasteiger partial charge >= 0.3 is 0 Å². The topological polar surface area (TPSA) is 27.7 Å². The molecule has 1 aliphatic carbocycles. The summed E-state index contributed by atoms with van der Waals surface area (Å²) in [7, 11) is 2.22. The van der Waals surface area contributed by atoms with Crippen molar-refractivity contribution in [2.75, 3.05) is 52.9 Å². The van der Waals surface area contributed by atoms with Crippen LogP contribution in [0.3, 0.4) is 0 Å². The molecule has 0 aromatic carbocycles. The number of likely N-dealkylation sites (N-methyl/N-ethyl adjacent to an activating group) is 1. The first-order chi connectivity index (χ1) is 10.1. The highest BCUT2D eigenvalue weighted by atomic mass is 16.5. The number of rotatable bonds is 8. The van der Waals surface area contributed by atoms with E-state index in [4.69, 9.17) is 4.74 Å². The molecule has 2 fully saturated rings. The Kier molecular flexibility index (Phi) is 6.48. The van der Waals surface area contributed by atoms with Crippen molar-refractivity contribution in [3.63, 3.8) is 0 Å². The lowest BCUT2D eigenvalue weighted by molar-refractivity contribution is -0.125. The molecular formula is C17H35N3O. The van der Waals surface area contributed by atoms with E-state index in [1.807, 2.05) is 0 Å². The third kappa shape index (κ3) is 4.19. The molecule has 124 valence electrons. The van der Waals surface area contributed by atoms with Crippen molar-refractivity contribution in [2.45, 2.75) is 52.2 Å². The zero-order chi connectivity index (χ0) is 15.3. The van der Waals surface area contributed by atoms with Crippen molar-refractivity contribution in [3.05, 3.63) is 0 Å². The second-order valence-electron chi connectivity index (χ2n) is 7.04. The number of piperazine rings is 1. The SMILES string of the molecule is CCOC1CC(NCCCN2CCN(C)CC2)C1(C)CC. The molecule has 4 heteroatoms. The van der Waals surface area contributed by atoms with Crippen molar-refractivity contribution >= 4 is 0 Å². The maximum atomic E-state index is 5.87.